The summed E-state index contributed by atoms with van der Waals surface area (Å²) in [7, 11) is 0. The van der Waals surface area contributed by atoms with Crippen LogP contribution in [0.1, 0.15) is 38.3 Å². The first-order chi connectivity index (χ1) is 17.3. The van der Waals surface area contributed by atoms with Crippen molar-refractivity contribution in [1.29, 1.82) is 0 Å². The number of nitrogens with zero attached hydrogens (tertiary/aromatic N) is 5. The third-order valence-corrected chi connectivity index (χ3v) is 6.55. The molecule has 1 aromatic carbocycles. The SMILES string of the molecule is CC(C)(CN1CCOCC1)NC(=O)Oc1cnn2ccc(N3CCC[C@@H]3c3cc(F)ccc3F)nc12. The van der Waals surface area contributed by atoms with Gasteiger partial charge in [-0.1, -0.05) is 0 Å². The van der Waals surface area contributed by atoms with E-state index in [1.54, 1.807) is 12.3 Å². The summed E-state index contributed by atoms with van der Waals surface area (Å²) in [4.78, 5) is 21.6. The Bertz CT molecular complexity index is 1240. The number of carbonyl (C=O) groups excluding carboxylic acids is 1. The van der Waals surface area contributed by atoms with E-state index in [4.69, 9.17) is 9.47 Å². The summed E-state index contributed by atoms with van der Waals surface area (Å²) >= 11 is 0. The molecule has 2 fully saturated rings. The number of carbonyl (C=O) groups is 1. The van der Waals surface area contributed by atoms with E-state index in [9.17, 15) is 13.6 Å². The van der Waals surface area contributed by atoms with Gasteiger partial charge in [0.1, 0.15) is 17.5 Å². The molecule has 2 aromatic heterocycles. The number of anilines is 1. The first kappa shape index (κ1) is 24.4. The van der Waals surface area contributed by atoms with Crippen molar-refractivity contribution < 1.29 is 23.0 Å². The number of rotatable bonds is 6. The number of aromatic nitrogens is 3. The molecule has 4 heterocycles. The van der Waals surface area contributed by atoms with E-state index in [0.717, 1.165) is 31.6 Å². The highest BCUT2D eigenvalue weighted by molar-refractivity contribution is 5.74. The Kier molecular flexibility index (Phi) is 6.76. The highest BCUT2D eigenvalue weighted by Crippen LogP contribution is 2.37. The Morgan fingerprint density at radius 1 is 1.22 bits per heavy atom. The number of ether oxygens (including phenoxy) is 2. The van der Waals surface area contributed by atoms with Crippen LogP contribution in [-0.2, 0) is 4.74 Å². The van der Waals surface area contributed by atoms with Gasteiger partial charge in [-0.05, 0) is 51.0 Å². The Labute approximate surface area is 208 Å². The number of hydrogen-bond acceptors (Lipinski definition) is 7. The summed E-state index contributed by atoms with van der Waals surface area (Å²) in [6.07, 6.45) is 4.04. The molecule has 0 aliphatic carbocycles. The van der Waals surface area contributed by atoms with Gasteiger partial charge in [0.15, 0.2) is 5.75 Å². The fourth-order valence-electron chi connectivity index (χ4n) is 4.96. The maximum Gasteiger partial charge on any atom is 0.413 e. The van der Waals surface area contributed by atoms with Crippen LogP contribution in [0.3, 0.4) is 0 Å². The standard InChI is InChI=1S/C25H30F2N6O3/c1-25(2,16-31-10-12-35-13-11-31)30-24(34)36-21-15-28-33-9-7-22(29-23(21)33)32-8-3-4-20(32)18-14-17(26)5-6-19(18)27/h5-7,9,14-15,20H,3-4,8,10-13,16H2,1-2H3,(H,30,34)/t20-/m1/s1. The third-order valence-electron chi connectivity index (χ3n) is 6.55. The molecule has 9 nitrogen and oxygen atoms in total. The van der Waals surface area contributed by atoms with Crippen molar-refractivity contribution in [2.24, 2.45) is 0 Å². The molecule has 0 bridgehead atoms. The van der Waals surface area contributed by atoms with E-state index in [2.05, 4.69) is 20.3 Å². The minimum absolute atomic E-state index is 0.212. The van der Waals surface area contributed by atoms with Crippen LogP contribution in [0.25, 0.3) is 5.65 Å². The summed E-state index contributed by atoms with van der Waals surface area (Å²) in [6.45, 7) is 8.18. The van der Waals surface area contributed by atoms with Crippen molar-refractivity contribution in [1.82, 2.24) is 24.8 Å². The molecule has 1 atom stereocenters. The zero-order chi connectivity index (χ0) is 25.3. The van der Waals surface area contributed by atoms with Gasteiger partial charge in [0.25, 0.3) is 0 Å². The Hall–Kier alpha value is -3.31. The smallest absolute Gasteiger partial charge is 0.405 e. The lowest BCUT2D eigenvalue weighted by molar-refractivity contribution is 0.0275. The first-order valence-electron chi connectivity index (χ1n) is 12.2. The maximum atomic E-state index is 14.5. The third kappa shape index (κ3) is 5.26. The Balaban J connectivity index is 1.32. The highest BCUT2D eigenvalue weighted by Gasteiger charge is 2.30. The molecule has 2 aliphatic rings. The molecule has 0 unspecified atom stereocenters. The van der Waals surface area contributed by atoms with Crippen molar-refractivity contribution in [3.05, 3.63) is 53.9 Å². The van der Waals surface area contributed by atoms with Gasteiger partial charge in [-0.2, -0.15) is 5.10 Å². The second-order valence-electron chi connectivity index (χ2n) is 9.87. The molecule has 1 amide bonds. The van der Waals surface area contributed by atoms with Crippen LogP contribution >= 0.6 is 0 Å². The van der Waals surface area contributed by atoms with Crippen molar-refractivity contribution in [2.45, 2.75) is 38.3 Å². The number of nitrogens with one attached hydrogen (secondary N) is 1. The van der Waals surface area contributed by atoms with Gasteiger partial charge in [0, 0.05) is 37.9 Å². The lowest BCUT2D eigenvalue weighted by Crippen LogP contribution is -2.54. The monoisotopic (exact) mass is 500 g/mol. The van der Waals surface area contributed by atoms with Gasteiger partial charge in [-0.15, -0.1) is 0 Å². The molecule has 5 rings (SSSR count). The average molecular weight is 501 g/mol. The van der Waals surface area contributed by atoms with Gasteiger partial charge in [0.2, 0.25) is 5.65 Å². The van der Waals surface area contributed by atoms with Gasteiger partial charge < -0.3 is 19.7 Å². The van der Waals surface area contributed by atoms with E-state index in [1.165, 1.54) is 16.8 Å². The molecule has 0 saturated carbocycles. The van der Waals surface area contributed by atoms with E-state index >= 15 is 0 Å². The van der Waals surface area contributed by atoms with Crippen LogP contribution in [0.4, 0.5) is 19.4 Å². The van der Waals surface area contributed by atoms with E-state index in [-0.39, 0.29) is 11.8 Å². The quantitative estimate of drug-likeness (QED) is 0.554. The number of hydrogen-bond donors (Lipinski definition) is 1. The molecular formula is C25H30F2N6O3. The first-order valence-corrected chi connectivity index (χ1v) is 12.2. The summed E-state index contributed by atoms with van der Waals surface area (Å²) in [6, 6.07) is 4.94. The lowest BCUT2D eigenvalue weighted by Gasteiger charge is -2.34. The predicted octanol–water partition coefficient (Wildman–Crippen LogP) is 3.55. The zero-order valence-electron chi connectivity index (χ0n) is 20.4. The van der Waals surface area contributed by atoms with Gasteiger partial charge in [0.05, 0.1) is 31.0 Å². The predicted molar refractivity (Wildman–Crippen MR) is 129 cm³/mol. The maximum absolute atomic E-state index is 14.5. The summed E-state index contributed by atoms with van der Waals surface area (Å²) in [5.41, 5.74) is 0.147. The van der Waals surface area contributed by atoms with Crippen LogP contribution in [0.2, 0.25) is 0 Å². The normalized spacial score (nSPS) is 19.1. The topological polar surface area (TPSA) is 84.2 Å². The zero-order valence-corrected chi connectivity index (χ0v) is 20.4. The van der Waals surface area contributed by atoms with Gasteiger partial charge >= 0.3 is 6.09 Å². The number of fused-ring (bicyclic) bond motifs is 1. The number of amides is 1. The van der Waals surface area contributed by atoms with Crippen LogP contribution in [-0.4, -0.2) is 70.5 Å². The van der Waals surface area contributed by atoms with E-state index < -0.39 is 23.3 Å². The van der Waals surface area contributed by atoms with Crippen molar-refractivity contribution in [3.8, 4) is 5.75 Å². The van der Waals surface area contributed by atoms with Crippen molar-refractivity contribution in [3.63, 3.8) is 0 Å². The van der Waals surface area contributed by atoms with Gasteiger partial charge in [-0.25, -0.2) is 23.1 Å². The second-order valence-corrected chi connectivity index (χ2v) is 9.87. The van der Waals surface area contributed by atoms with Crippen LogP contribution in [0.15, 0.2) is 36.7 Å². The summed E-state index contributed by atoms with van der Waals surface area (Å²) in [5.74, 6) is -0.133. The van der Waals surface area contributed by atoms with Crippen molar-refractivity contribution in [2.75, 3.05) is 44.3 Å². The Morgan fingerprint density at radius 2 is 2.03 bits per heavy atom. The molecule has 36 heavy (non-hydrogen) atoms. The van der Waals surface area contributed by atoms with Crippen LogP contribution in [0, 0.1) is 11.6 Å². The summed E-state index contributed by atoms with van der Waals surface area (Å²) < 4.78 is 40.8. The minimum Gasteiger partial charge on any atom is -0.405 e. The Morgan fingerprint density at radius 3 is 2.83 bits per heavy atom. The fourth-order valence-corrected chi connectivity index (χ4v) is 4.96. The van der Waals surface area contributed by atoms with Crippen LogP contribution < -0.4 is 15.0 Å². The number of benzene rings is 1. The van der Waals surface area contributed by atoms with Crippen LogP contribution in [0.5, 0.6) is 5.75 Å². The molecule has 11 heteroatoms. The van der Waals surface area contributed by atoms with Gasteiger partial charge in [-0.3, -0.25) is 4.90 Å². The molecule has 0 spiro atoms. The van der Waals surface area contributed by atoms with Crippen molar-refractivity contribution >= 4 is 17.6 Å². The highest BCUT2D eigenvalue weighted by atomic mass is 19.1. The molecule has 3 aromatic rings. The number of morpholine rings is 1. The van der Waals surface area contributed by atoms with E-state index in [1.807, 2.05) is 18.7 Å². The molecule has 2 saturated heterocycles. The summed E-state index contributed by atoms with van der Waals surface area (Å²) in [5, 5.41) is 7.15. The molecule has 0 radical (unpaired) electrons. The molecule has 192 valence electrons. The molecule has 2 aliphatic heterocycles. The molecule has 1 N–H and O–H groups in total. The largest absolute Gasteiger partial charge is 0.413 e. The van der Waals surface area contributed by atoms with E-state index in [0.29, 0.717) is 49.8 Å². The lowest BCUT2D eigenvalue weighted by atomic mass is 10.0. The fraction of sp³-hybridized carbons (Fsp3) is 0.480. The molecular weight excluding hydrogens is 470 g/mol. The second kappa shape index (κ2) is 9.98. The minimum atomic E-state index is -0.601. The average Bonchev–Trinajstić information content (AvgIpc) is 3.48. The number of halogens is 2.